The van der Waals surface area contributed by atoms with Crippen molar-refractivity contribution in [1.82, 2.24) is 9.80 Å². The van der Waals surface area contributed by atoms with E-state index >= 15 is 0 Å². The van der Waals surface area contributed by atoms with Crippen molar-refractivity contribution in [2.45, 2.75) is 33.4 Å². The summed E-state index contributed by atoms with van der Waals surface area (Å²) in [6.45, 7) is 8.67. The maximum atomic E-state index is 11.2. The van der Waals surface area contributed by atoms with Crippen LogP contribution in [-0.4, -0.2) is 43.1 Å². The predicted octanol–water partition coefficient (Wildman–Crippen LogP) is 5.08. The monoisotopic (exact) mass is 374 g/mol. The average Bonchev–Trinajstić information content (AvgIpc) is 2.94. The Morgan fingerprint density at radius 2 is 1.25 bits per heavy atom. The first-order valence-electron chi connectivity index (χ1n) is 9.86. The van der Waals surface area contributed by atoms with E-state index in [4.69, 9.17) is 0 Å². The zero-order valence-corrected chi connectivity index (χ0v) is 18.2. The van der Waals surface area contributed by atoms with Gasteiger partial charge in [-0.1, -0.05) is 24.3 Å². The van der Waals surface area contributed by atoms with Crippen LogP contribution in [0.2, 0.25) is 0 Å². The summed E-state index contributed by atoms with van der Waals surface area (Å²) in [4.78, 5) is 4.51. The Bertz CT molecular complexity index is 1120. The van der Waals surface area contributed by atoms with Gasteiger partial charge in [0.2, 0.25) is 0 Å². The molecule has 3 aromatic rings. The Kier molecular flexibility index (Phi) is 4.11. The summed E-state index contributed by atoms with van der Waals surface area (Å²) in [5, 5.41) is 13.4. The Morgan fingerprint density at radius 3 is 1.82 bits per heavy atom. The van der Waals surface area contributed by atoms with Crippen molar-refractivity contribution < 1.29 is 5.11 Å². The molecule has 0 spiro atoms. The maximum Gasteiger partial charge on any atom is 0.127 e. The summed E-state index contributed by atoms with van der Waals surface area (Å²) < 4.78 is 0. The Hall–Kier alpha value is -2.36. The van der Waals surface area contributed by atoms with Gasteiger partial charge in [0.15, 0.2) is 0 Å². The minimum absolute atomic E-state index is 0.373. The number of hydrogen-bond acceptors (Lipinski definition) is 3. The van der Waals surface area contributed by atoms with Gasteiger partial charge in [0, 0.05) is 10.9 Å². The van der Waals surface area contributed by atoms with Crippen molar-refractivity contribution in [2.75, 3.05) is 28.2 Å². The van der Waals surface area contributed by atoms with E-state index in [1.807, 2.05) is 6.07 Å². The minimum Gasteiger partial charge on any atom is -0.507 e. The maximum absolute atomic E-state index is 11.2. The van der Waals surface area contributed by atoms with Crippen molar-refractivity contribution in [3.63, 3.8) is 0 Å². The summed E-state index contributed by atoms with van der Waals surface area (Å²) in [6, 6.07) is 10.7. The van der Waals surface area contributed by atoms with Crippen molar-refractivity contribution in [3.05, 3.63) is 63.7 Å². The van der Waals surface area contributed by atoms with Crippen molar-refractivity contribution >= 4 is 10.8 Å². The highest BCUT2D eigenvalue weighted by Gasteiger charge is 2.48. The van der Waals surface area contributed by atoms with Gasteiger partial charge in [-0.2, -0.15) is 0 Å². The second kappa shape index (κ2) is 6.07. The molecule has 146 valence electrons. The first-order chi connectivity index (χ1) is 13.2. The highest BCUT2D eigenvalue weighted by Crippen LogP contribution is 2.56. The largest absolute Gasteiger partial charge is 0.507 e. The van der Waals surface area contributed by atoms with Gasteiger partial charge in [-0.05, 0) is 106 Å². The SMILES string of the molecule is Cc1c(C)c(C)c2c3c(cc(O)c2c1C)C(N(C)C)(N(C)C)c1ccccc1-3. The fourth-order valence-electron chi connectivity index (χ4n) is 5.43. The first-order valence-corrected chi connectivity index (χ1v) is 9.86. The van der Waals surface area contributed by atoms with E-state index in [-0.39, 0.29) is 0 Å². The molecule has 0 saturated carbocycles. The molecule has 3 heteroatoms. The van der Waals surface area contributed by atoms with Crippen molar-refractivity contribution in [3.8, 4) is 16.9 Å². The number of fused-ring (bicyclic) bond motifs is 5. The minimum atomic E-state index is -0.420. The van der Waals surface area contributed by atoms with Crippen LogP contribution in [0.3, 0.4) is 0 Å². The van der Waals surface area contributed by atoms with Crippen LogP contribution >= 0.6 is 0 Å². The molecule has 0 radical (unpaired) electrons. The van der Waals surface area contributed by atoms with Gasteiger partial charge in [0.25, 0.3) is 0 Å². The average molecular weight is 375 g/mol. The fraction of sp³-hybridized carbons (Fsp3) is 0.360. The molecule has 4 rings (SSSR count). The van der Waals surface area contributed by atoms with Gasteiger partial charge in [0.1, 0.15) is 11.4 Å². The van der Waals surface area contributed by atoms with Gasteiger partial charge in [0.05, 0.1) is 0 Å². The van der Waals surface area contributed by atoms with Gasteiger partial charge in [-0.15, -0.1) is 0 Å². The van der Waals surface area contributed by atoms with E-state index in [1.54, 1.807) is 0 Å². The molecule has 1 aliphatic carbocycles. The van der Waals surface area contributed by atoms with Crippen LogP contribution in [0.4, 0.5) is 0 Å². The van der Waals surface area contributed by atoms with Crippen LogP contribution in [0.5, 0.6) is 5.75 Å². The van der Waals surface area contributed by atoms with Crippen LogP contribution in [0.1, 0.15) is 33.4 Å². The summed E-state index contributed by atoms with van der Waals surface area (Å²) in [5.41, 5.74) is 9.51. The number of phenols is 1. The molecule has 3 aromatic carbocycles. The van der Waals surface area contributed by atoms with Crippen molar-refractivity contribution in [1.29, 1.82) is 0 Å². The standard InChI is InChI=1S/C25H30N2O/c1-14-15(2)17(4)23-22(16(14)3)21(28)13-20-24(23)18-11-9-10-12-19(18)25(20,26(5)6)27(7)8/h9-13,28H,1-8H3. The molecule has 0 bridgehead atoms. The molecule has 0 saturated heterocycles. The number of rotatable bonds is 2. The highest BCUT2D eigenvalue weighted by molar-refractivity contribution is 6.08. The summed E-state index contributed by atoms with van der Waals surface area (Å²) >= 11 is 0. The Morgan fingerprint density at radius 1 is 0.714 bits per heavy atom. The lowest BCUT2D eigenvalue weighted by atomic mass is 9.85. The molecule has 1 N–H and O–H groups in total. The highest BCUT2D eigenvalue weighted by atomic mass is 16.3. The lowest BCUT2D eigenvalue weighted by Crippen LogP contribution is -2.51. The summed E-state index contributed by atoms with van der Waals surface area (Å²) in [6.07, 6.45) is 0. The number of benzene rings is 3. The van der Waals surface area contributed by atoms with Gasteiger partial charge < -0.3 is 5.11 Å². The molecule has 0 atom stereocenters. The number of hydrogen-bond donors (Lipinski definition) is 1. The lowest BCUT2D eigenvalue weighted by Gasteiger charge is -2.44. The molecule has 0 aliphatic heterocycles. The zero-order valence-electron chi connectivity index (χ0n) is 18.2. The summed E-state index contributed by atoms with van der Waals surface area (Å²) in [5.74, 6) is 0.373. The summed E-state index contributed by atoms with van der Waals surface area (Å²) in [7, 11) is 8.47. The third-order valence-corrected chi connectivity index (χ3v) is 6.99. The van der Waals surface area contributed by atoms with Gasteiger partial charge in [-0.3, -0.25) is 9.80 Å². The first kappa shape index (κ1) is 19.0. The molecule has 3 nitrogen and oxygen atoms in total. The smallest absolute Gasteiger partial charge is 0.127 e. The van der Waals surface area contributed by atoms with E-state index in [0.29, 0.717) is 5.75 Å². The van der Waals surface area contributed by atoms with E-state index in [1.165, 1.54) is 44.3 Å². The topological polar surface area (TPSA) is 26.7 Å². The van der Waals surface area contributed by atoms with Crippen LogP contribution in [0, 0.1) is 27.7 Å². The van der Waals surface area contributed by atoms with Crippen LogP contribution in [-0.2, 0) is 5.66 Å². The molecule has 1 aliphatic rings. The molecule has 0 amide bonds. The van der Waals surface area contributed by atoms with Gasteiger partial charge >= 0.3 is 0 Å². The van der Waals surface area contributed by atoms with E-state index < -0.39 is 5.66 Å². The van der Waals surface area contributed by atoms with E-state index in [2.05, 4.69) is 90.0 Å². The normalized spacial score (nSPS) is 14.8. The molecule has 0 aromatic heterocycles. The molecule has 28 heavy (non-hydrogen) atoms. The molecular formula is C25H30N2O. The quantitative estimate of drug-likeness (QED) is 0.634. The van der Waals surface area contributed by atoms with Crippen molar-refractivity contribution in [2.24, 2.45) is 0 Å². The third-order valence-electron chi connectivity index (χ3n) is 6.99. The second-order valence-corrected chi connectivity index (χ2v) is 8.57. The van der Waals surface area contributed by atoms with Crippen LogP contribution < -0.4 is 0 Å². The van der Waals surface area contributed by atoms with Crippen LogP contribution in [0.25, 0.3) is 21.9 Å². The van der Waals surface area contributed by atoms with E-state index in [9.17, 15) is 5.11 Å². The molecule has 0 heterocycles. The fourth-order valence-corrected chi connectivity index (χ4v) is 5.43. The second-order valence-electron chi connectivity index (χ2n) is 8.57. The van der Waals surface area contributed by atoms with Crippen LogP contribution in [0.15, 0.2) is 30.3 Å². The predicted molar refractivity (Wildman–Crippen MR) is 118 cm³/mol. The Labute approximate surface area is 168 Å². The number of aromatic hydroxyl groups is 1. The molecule has 0 fully saturated rings. The molecule has 0 unspecified atom stereocenters. The zero-order chi connectivity index (χ0) is 20.5. The number of phenolic OH excluding ortho intramolecular Hbond substituents is 1. The number of aryl methyl sites for hydroxylation is 2. The Balaban J connectivity index is 2.33. The van der Waals surface area contributed by atoms with Gasteiger partial charge in [-0.25, -0.2) is 0 Å². The molecular weight excluding hydrogens is 344 g/mol. The third kappa shape index (κ3) is 2.06. The lowest BCUT2D eigenvalue weighted by molar-refractivity contribution is 0.0438. The number of nitrogens with zero attached hydrogens (tertiary/aromatic N) is 2. The van der Waals surface area contributed by atoms with E-state index in [0.717, 1.165) is 10.9 Å².